The molecule has 2 aromatic heterocycles. The van der Waals surface area contributed by atoms with Crippen molar-refractivity contribution in [1.29, 1.82) is 0 Å². The summed E-state index contributed by atoms with van der Waals surface area (Å²) in [7, 11) is 1.91. The van der Waals surface area contributed by atoms with Gasteiger partial charge in [0.15, 0.2) is 11.5 Å². The van der Waals surface area contributed by atoms with Crippen molar-refractivity contribution < 1.29 is 9.32 Å². The quantitative estimate of drug-likeness (QED) is 0.498. The Labute approximate surface area is 181 Å². The second kappa shape index (κ2) is 7.54. The van der Waals surface area contributed by atoms with Gasteiger partial charge in [-0.3, -0.25) is 9.48 Å². The number of hydrogen-bond donors (Lipinski definition) is 0. The number of amides is 1. The molecule has 2 aromatic carbocycles. The summed E-state index contributed by atoms with van der Waals surface area (Å²) < 4.78 is 7.33. The van der Waals surface area contributed by atoms with Gasteiger partial charge in [0, 0.05) is 43.9 Å². The molecule has 0 spiro atoms. The lowest BCUT2D eigenvalue weighted by Gasteiger charge is -2.34. The number of aryl methyl sites for hydroxylation is 3. The van der Waals surface area contributed by atoms with E-state index in [2.05, 4.69) is 48.4 Å². The van der Waals surface area contributed by atoms with Gasteiger partial charge < -0.3 is 9.42 Å². The topological polar surface area (TPSA) is 64.2 Å². The summed E-state index contributed by atoms with van der Waals surface area (Å²) in [6, 6.07) is 16.1. The first-order valence-electron chi connectivity index (χ1n) is 10.4. The van der Waals surface area contributed by atoms with Crippen LogP contribution in [0.3, 0.4) is 0 Å². The van der Waals surface area contributed by atoms with E-state index in [1.54, 1.807) is 10.7 Å². The fourth-order valence-electron chi connectivity index (χ4n) is 4.24. The molecule has 156 valence electrons. The molecule has 1 unspecified atom stereocenters. The standard InChI is InChI=1S/C25H24N4O2/c1-16-8-9-18(10-17(16)2)24-11-23(27-31-24)25(30)29-14-19-6-4-5-7-21(19)22(15-29)20-12-26-28(3)13-20/h4-13,22H,14-15H2,1-3H3. The third-order valence-electron chi connectivity index (χ3n) is 6.13. The molecule has 6 heteroatoms. The van der Waals surface area contributed by atoms with Crippen LogP contribution in [0.5, 0.6) is 0 Å². The molecule has 6 nitrogen and oxygen atoms in total. The van der Waals surface area contributed by atoms with Crippen LogP contribution in [0.25, 0.3) is 11.3 Å². The highest BCUT2D eigenvalue weighted by Crippen LogP contribution is 2.34. The lowest BCUT2D eigenvalue weighted by atomic mass is 9.86. The van der Waals surface area contributed by atoms with Crippen LogP contribution in [0.15, 0.2) is 65.4 Å². The Hall–Kier alpha value is -3.67. The largest absolute Gasteiger partial charge is 0.355 e. The van der Waals surface area contributed by atoms with E-state index in [-0.39, 0.29) is 11.8 Å². The molecule has 31 heavy (non-hydrogen) atoms. The van der Waals surface area contributed by atoms with Crippen LogP contribution in [-0.4, -0.2) is 32.3 Å². The minimum atomic E-state index is -0.123. The molecule has 0 saturated heterocycles. The van der Waals surface area contributed by atoms with Crippen LogP contribution in [0.4, 0.5) is 0 Å². The second-order valence-electron chi connectivity index (χ2n) is 8.26. The number of carbonyl (C=O) groups excluding carboxylic acids is 1. The van der Waals surface area contributed by atoms with E-state index < -0.39 is 0 Å². The van der Waals surface area contributed by atoms with E-state index in [1.165, 1.54) is 16.7 Å². The van der Waals surface area contributed by atoms with Crippen molar-refractivity contribution in [2.45, 2.75) is 26.3 Å². The van der Waals surface area contributed by atoms with Crippen molar-refractivity contribution in [3.63, 3.8) is 0 Å². The van der Waals surface area contributed by atoms with Crippen LogP contribution in [0.1, 0.15) is 44.2 Å². The zero-order chi connectivity index (χ0) is 21.5. The molecule has 0 radical (unpaired) electrons. The summed E-state index contributed by atoms with van der Waals surface area (Å²) >= 11 is 0. The van der Waals surface area contributed by atoms with Crippen molar-refractivity contribution in [2.75, 3.05) is 6.54 Å². The van der Waals surface area contributed by atoms with Gasteiger partial charge in [-0.1, -0.05) is 41.6 Å². The van der Waals surface area contributed by atoms with Crippen LogP contribution < -0.4 is 0 Å². The third-order valence-corrected chi connectivity index (χ3v) is 6.13. The van der Waals surface area contributed by atoms with Crippen LogP contribution in [0.2, 0.25) is 0 Å². The molecule has 4 aromatic rings. The van der Waals surface area contributed by atoms with Gasteiger partial charge in [-0.15, -0.1) is 0 Å². The number of nitrogens with zero attached hydrogens (tertiary/aromatic N) is 4. The Kier molecular flexibility index (Phi) is 4.70. The summed E-state index contributed by atoms with van der Waals surface area (Å²) in [5, 5.41) is 8.42. The fraction of sp³-hybridized carbons (Fsp3) is 0.240. The van der Waals surface area contributed by atoms with Gasteiger partial charge in [-0.25, -0.2) is 0 Å². The lowest BCUT2D eigenvalue weighted by Crippen LogP contribution is -2.38. The predicted octanol–water partition coefficient (Wildman–Crippen LogP) is 4.48. The maximum absolute atomic E-state index is 13.3. The van der Waals surface area contributed by atoms with Crippen LogP contribution >= 0.6 is 0 Å². The van der Waals surface area contributed by atoms with E-state index in [4.69, 9.17) is 4.52 Å². The van der Waals surface area contributed by atoms with Crippen molar-refractivity contribution >= 4 is 5.91 Å². The second-order valence-corrected chi connectivity index (χ2v) is 8.26. The normalized spacial score (nSPS) is 15.7. The molecule has 1 aliphatic rings. The minimum absolute atomic E-state index is 0.0775. The number of rotatable bonds is 3. The van der Waals surface area contributed by atoms with Gasteiger partial charge in [0.25, 0.3) is 5.91 Å². The van der Waals surface area contributed by atoms with Gasteiger partial charge >= 0.3 is 0 Å². The Morgan fingerprint density at radius 3 is 2.71 bits per heavy atom. The summed E-state index contributed by atoms with van der Waals surface area (Å²) in [5.74, 6) is 0.559. The minimum Gasteiger partial charge on any atom is -0.355 e. The van der Waals surface area contributed by atoms with Gasteiger partial charge in [0.2, 0.25) is 0 Å². The molecular weight excluding hydrogens is 388 g/mol. The maximum Gasteiger partial charge on any atom is 0.276 e. The van der Waals surface area contributed by atoms with Crippen molar-refractivity contribution in [1.82, 2.24) is 19.8 Å². The fourth-order valence-corrected chi connectivity index (χ4v) is 4.24. The number of hydrogen-bond acceptors (Lipinski definition) is 4. The Morgan fingerprint density at radius 2 is 1.94 bits per heavy atom. The maximum atomic E-state index is 13.3. The summed E-state index contributed by atoms with van der Waals surface area (Å²) in [6.07, 6.45) is 3.90. The summed E-state index contributed by atoms with van der Waals surface area (Å²) in [5.41, 5.74) is 7.14. The average molecular weight is 412 g/mol. The zero-order valence-electron chi connectivity index (χ0n) is 17.9. The first kappa shape index (κ1) is 19.3. The number of carbonyl (C=O) groups is 1. The first-order valence-corrected chi connectivity index (χ1v) is 10.4. The molecule has 5 rings (SSSR count). The highest BCUT2D eigenvalue weighted by molar-refractivity contribution is 5.93. The SMILES string of the molecule is Cc1ccc(-c2cc(C(=O)N3Cc4ccccc4C(c4cnn(C)c4)C3)no2)cc1C. The highest BCUT2D eigenvalue weighted by Gasteiger charge is 2.31. The van der Waals surface area contributed by atoms with Gasteiger partial charge in [0.1, 0.15) is 0 Å². The van der Waals surface area contributed by atoms with E-state index >= 15 is 0 Å². The predicted molar refractivity (Wildman–Crippen MR) is 118 cm³/mol. The van der Waals surface area contributed by atoms with Crippen LogP contribution in [0, 0.1) is 13.8 Å². The highest BCUT2D eigenvalue weighted by atomic mass is 16.5. The van der Waals surface area contributed by atoms with Gasteiger partial charge in [-0.05, 0) is 47.7 Å². The van der Waals surface area contributed by atoms with Gasteiger partial charge in [-0.2, -0.15) is 5.10 Å². The molecule has 1 atom stereocenters. The molecule has 1 amide bonds. The Bertz CT molecular complexity index is 1270. The van der Waals surface area contributed by atoms with E-state index in [0.29, 0.717) is 24.5 Å². The molecule has 3 heterocycles. The number of fused-ring (bicyclic) bond motifs is 1. The van der Waals surface area contributed by atoms with Gasteiger partial charge in [0.05, 0.1) is 6.20 Å². The lowest BCUT2D eigenvalue weighted by molar-refractivity contribution is 0.0714. The molecule has 0 bridgehead atoms. The molecule has 0 saturated carbocycles. The van der Waals surface area contributed by atoms with Crippen molar-refractivity contribution in [3.05, 3.63) is 94.4 Å². The molecule has 0 N–H and O–H groups in total. The van der Waals surface area contributed by atoms with Crippen molar-refractivity contribution in [2.24, 2.45) is 7.05 Å². The Balaban J connectivity index is 1.44. The smallest absolute Gasteiger partial charge is 0.276 e. The molecule has 0 aliphatic carbocycles. The third kappa shape index (κ3) is 3.54. The Morgan fingerprint density at radius 1 is 1.10 bits per heavy atom. The molecular formula is C25H24N4O2. The molecule has 1 aliphatic heterocycles. The number of aromatic nitrogens is 3. The first-order chi connectivity index (χ1) is 15.0. The van der Waals surface area contributed by atoms with E-state index in [9.17, 15) is 4.79 Å². The van der Waals surface area contributed by atoms with Crippen molar-refractivity contribution in [3.8, 4) is 11.3 Å². The van der Waals surface area contributed by atoms with Crippen LogP contribution in [-0.2, 0) is 13.6 Å². The zero-order valence-corrected chi connectivity index (χ0v) is 17.9. The summed E-state index contributed by atoms with van der Waals surface area (Å²) in [4.78, 5) is 15.2. The van der Waals surface area contributed by atoms with E-state index in [1.807, 2.05) is 42.5 Å². The monoisotopic (exact) mass is 412 g/mol. The number of benzene rings is 2. The van der Waals surface area contributed by atoms with E-state index in [0.717, 1.165) is 16.7 Å². The average Bonchev–Trinajstić information content (AvgIpc) is 3.44. The molecule has 0 fully saturated rings. The summed E-state index contributed by atoms with van der Waals surface area (Å²) in [6.45, 7) is 5.26.